The Morgan fingerprint density at radius 3 is 2.52 bits per heavy atom. The van der Waals surface area contributed by atoms with E-state index in [1.165, 1.54) is 24.1 Å². The van der Waals surface area contributed by atoms with Gasteiger partial charge in [-0.2, -0.15) is 0 Å². The molecule has 0 aromatic heterocycles. The first-order chi connectivity index (χ1) is 10.1. The molecule has 0 bridgehead atoms. The molecule has 4 nitrogen and oxygen atoms in total. The third-order valence-corrected chi connectivity index (χ3v) is 4.48. The number of aryl methyl sites for hydroxylation is 1. The molecule has 2 aliphatic heterocycles. The van der Waals surface area contributed by atoms with Crippen molar-refractivity contribution in [2.75, 3.05) is 36.4 Å². The summed E-state index contributed by atoms with van der Waals surface area (Å²) in [6.07, 6.45) is 2.55. The molecule has 2 saturated heterocycles. The zero-order valence-electron chi connectivity index (χ0n) is 12.8. The summed E-state index contributed by atoms with van der Waals surface area (Å²) in [5.41, 5.74) is 5.35. The fourth-order valence-electron chi connectivity index (χ4n) is 2.85. The van der Waals surface area contributed by atoms with Crippen molar-refractivity contribution in [1.29, 1.82) is 0 Å². The largest absolute Gasteiger partial charge is 0.372 e. The SMILES string of the molecule is CC(C(=O)Nc1ccc(N2CCCC2)cc1C)=C1CNC1. The van der Waals surface area contributed by atoms with E-state index in [1.54, 1.807) is 0 Å². The van der Waals surface area contributed by atoms with Gasteiger partial charge in [-0.1, -0.05) is 0 Å². The molecule has 21 heavy (non-hydrogen) atoms. The molecule has 0 aliphatic carbocycles. The van der Waals surface area contributed by atoms with Crippen LogP contribution in [0, 0.1) is 6.92 Å². The normalized spacial score (nSPS) is 17.6. The first-order valence-electron chi connectivity index (χ1n) is 7.71. The molecule has 0 atom stereocenters. The first-order valence-corrected chi connectivity index (χ1v) is 7.71. The second kappa shape index (κ2) is 5.90. The Balaban J connectivity index is 1.72. The van der Waals surface area contributed by atoms with Gasteiger partial charge in [-0.3, -0.25) is 4.79 Å². The molecule has 2 aliphatic rings. The van der Waals surface area contributed by atoms with Gasteiger partial charge < -0.3 is 15.5 Å². The number of nitrogens with zero attached hydrogens (tertiary/aromatic N) is 1. The fraction of sp³-hybridized carbons (Fsp3) is 0.471. The van der Waals surface area contributed by atoms with Gasteiger partial charge in [0.2, 0.25) is 0 Å². The summed E-state index contributed by atoms with van der Waals surface area (Å²) in [5, 5.41) is 6.20. The standard InChI is InChI=1S/C17H23N3O/c1-12-9-15(20-7-3-4-8-20)5-6-16(12)19-17(21)13(2)14-10-18-11-14/h5-6,9,18H,3-4,7-8,10-11H2,1-2H3,(H,19,21). The zero-order chi connectivity index (χ0) is 14.8. The molecule has 4 heteroatoms. The predicted molar refractivity (Wildman–Crippen MR) is 86.8 cm³/mol. The topological polar surface area (TPSA) is 44.4 Å². The minimum Gasteiger partial charge on any atom is -0.372 e. The summed E-state index contributed by atoms with van der Waals surface area (Å²) in [5.74, 6) is 0.0172. The van der Waals surface area contributed by atoms with Gasteiger partial charge in [0.1, 0.15) is 0 Å². The highest BCUT2D eigenvalue weighted by molar-refractivity contribution is 6.04. The van der Waals surface area contributed by atoms with E-state index in [9.17, 15) is 4.79 Å². The van der Waals surface area contributed by atoms with E-state index >= 15 is 0 Å². The van der Waals surface area contributed by atoms with E-state index in [0.29, 0.717) is 0 Å². The quantitative estimate of drug-likeness (QED) is 0.839. The molecule has 3 rings (SSSR count). The lowest BCUT2D eigenvalue weighted by Gasteiger charge is -2.22. The van der Waals surface area contributed by atoms with Crippen molar-refractivity contribution < 1.29 is 4.79 Å². The summed E-state index contributed by atoms with van der Waals surface area (Å²) < 4.78 is 0. The van der Waals surface area contributed by atoms with Gasteiger partial charge in [-0.05, 0) is 56.0 Å². The van der Waals surface area contributed by atoms with Crippen LogP contribution < -0.4 is 15.5 Å². The number of hydrogen-bond donors (Lipinski definition) is 2. The smallest absolute Gasteiger partial charge is 0.251 e. The van der Waals surface area contributed by atoms with Crippen LogP contribution in [0.15, 0.2) is 29.3 Å². The zero-order valence-corrected chi connectivity index (χ0v) is 12.8. The van der Waals surface area contributed by atoms with Crippen LogP contribution in [0.1, 0.15) is 25.3 Å². The van der Waals surface area contributed by atoms with E-state index in [-0.39, 0.29) is 5.91 Å². The van der Waals surface area contributed by atoms with Crippen LogP contribution >= 0.6 is 0 Å². The van der Waals surface area contributed by atoms with Crippen LogP contribution in [0.2, 0.25) is 0 Å². The third-order valence-electron chi connectivity index (χ3n) is 4.48. The minimum atomic E-state index is 0.0172. The Morgan fingerprint density at radius 1 is 1.24 bits per heavy atom. The summed E-state index contributed by atoms with van der Waals surface area (Å²) >= 11 is 0. The minimum absolute atomic E-state index is 0.0172. The number of nitrogens with one attached hydrogen (secondary N) is 2. The third kappa shape index (κ3) is 2.95. The molecule has 1 aromatic rings. The lowest BCUT2D eigenvalue weighted by molar-refractivity contribution is -0.112. The lowest BCUT2D eigenvalue weighted by atomic mass is 10.0. The number of anilines is 2. The highest BCUT2D eigenvalue weighted by Gasteiger charge is 2.17. The molecule has 1 aromatic carbocycles. The Kier molecular flexibility index (Phi) is 3.97. The van der Waals surface area contributed by atoms with E-state index in [2.05, 4.69) is 34.6 Å². The van der Waals surface area contributed by atoms with Crippen molar-refractivity contribution in [2.45, 2.75) is 26.7 Å². The van der Waals surface area contributed by atoms with Crippen LogP contribution in [-0.2, 0) is 4.79 Å². The average molecular weight is 285 g/mol. The number of amides is 1. The Hall–Kier alpha value is -1.81. The van der Waals surface area contributed by atoms with Gasteiger partial charge in [0.05, 0.1) is 0 Å². The molecule has 2 fully saturated rings. The molecule has 112 valence electrons. The Labute approximate surface area is 126 Å². The highest BCUT2D eigenvalue weighted by Crippen LogP contribution is 2.26. The van der Waals surface area contributed by atoms with Gasteiger partial charge in [-0.15, -0.1) is 0 Å². The second-order valence-corrected chi connectivity index (χ2v) is 5.98. The fourth-order valence-corrected chi connectivity index (χ4v) is 2.85. The Bertz CT molecular complexity index is 580. The molecule has 0 unspecified atom stereocenters. The maximum Gasteiger partial charge on any atom is 0.251 e. The van der Waals surface area contributed by atoms with Crippen molar-refractivity contribution >= 4 is 17.3 Å². The van der Waals surface area contributed by atoms with E-state index in [0.717, 1.165) is 43.0 Å². The van der Waals surface area contributed by atoms with Crippen LogP contribution in [0.3, 0.4) is 0 Å². The highest BCUT2D eigenvalue weighted by atomic mass is 16.1. The number of rotatable bonds is 3. The van der Waals surface area contributed by atoms with Crippen molar-refractivity contribution in [3.8, 4) is 0 Å². The van der Waals surface area contributed by atoms with Crippen molar-refractivity contribution in [2.24, 2.45) is 0 Å². The maximum absolute atomic E-state index is 12.2. The molecular formula is C17H23N3O. The van der Waals surface area contributed by atoms with Crippen LogP contribution in [0.25, 0.3) is 0 Å². The average Bonchev–Trinajstić information content (AvgIpc) is 2.92. The number of carbonyl (C=O) groups is 1. The summed E-state index contributed by atoms with van der Waals surface area (Å²) in [4.78, 5) is 14.6. The lowest BCUT2D eigenvalue weighted by Crippen LogP contribution is -2.36. The van der Waals surface area contributed by atoms with Crippen molar-refractivity contribution in [3.05, 3.63) is 34.9 Å². The number of benzene rings is 1. The number of hydrogen-bond acceptors (Lipinski definition) is 3. The maximum atomic E-state index is 12.2. The van der Waals surface area contributed by atoms with E-state index < -0.39 is 0 Å². The molecule has 2 N–H and O–H groups in total. The number of carbonyl (C=O) groups excluding carboxylic acids is 1. The van der Waals surface area contributed by atoms with Crippen molar-refractivity contribution in [1.82, 2.24) is 5.32 Å². The van der Waals surface area contributed by atoms with Gasteiger partial charge >= 0.3 is 0 Å². The molecule has 0 radical (unpaired) electrons. The molecule has 1 amide bonds. The predicted octanol–water partition coefficient (Wildman–Crippen LogP) is 2.45. The van der Waals surface area contributed by atoms with Crippen LogP contribution in [0.5, 0.6) is 0 Å². The van der Waals surface area contributed by atoms with Gasteiger partial charge in [0.15, 0.2) is 0 Å². The van der Waals surface area contributed by atoms with Gasteiger partial charge in [-0.25, -0.2) is 0 Å². The summed E-state index contributed by atoms with van der Waals surface area (Å²) in [6, 6.07) is 6.31. The van der Waals surface area contributed by atoms with Crippen LogP contribution in [0.4, 0.5) is 11.4 Å². The first kappa shape index (κ1) is 14.1. The van der Waals surface area contributed by atoms with Gasteiger partial charge in [0.25, 0.3) is 5.91 Å². The second-order valence-electron chi connectivity index (χ2n) is 5.98. The Morgan fingerprint density at radius 2 is 1.95 bits per heavy atom. The summed E-state index contributed by atoms with van der Waals surface area (Å²) in [7, 11) is 0. The molecular weight excluding hydrogens is 262 g/mol. The van der Waals surface area contributed by atoms with E-state index in [1.807, 2.05) is 13.0 Å². The molecule has 0 saturated carbocycles. The molecule has 2 heterocycles. The molecule has 0 spiro atoms. The van der Waals surface area contributed by atoms with Crippen molar-refractivity contribution in [3.63, 3.8) is 0 Å². The summed E-state index contributed by atoms with van der Waals surface area (Å²) in [6.45, 7) is 7.92. The van der Waals surface area contributed by atoms with Gasteiger partial charge in [0, 0.05) is 43.1 Å². The monoisotopic (exact) mass is 285 g/mol. The van der Waals surface area contributed by atoms with Crippen LogP contribution in [-0.4, -0.2) is 32.1 Å². The van der Waals surface area contributed by atoms with E-state index in [4.69, 9.17) is 0 Å².